The van der Waals surface area contributed by atoms with Crippen molar-refractivity contribution in [3.05, 3.63) is 113 Å². The zero-order valence-corrected chi connectivity index (χ0v) is 19.5. The van der Waals surface area contributed by atoms with E-state index in [0.717, 1.165) is 45.3 Å². The van der Waals surface area contributed by atoms with Crippen molar-refractivity contribution in [1.82, 2.24) is 10.6 Å². The molecule has 3 rings (SSSR count). The molecule has 3 aromatic rings. The van der Waals surface area contributed by atoms with E-state index >= 15 is 0 Å². The second-order valence-corrected chi connectivity index (χ2v) is 8.35. The van der Waals surface area contributed by atoms with E-state index in [1.165, 1.54) is 40.8 Å². The monoisotopic (exact) mass is 426 g/mol. The van der Waals surface area contributed by atoms with Gasteiger partial charge in [0.2, 0.25) is 0 Å². The molecule has 2 N–H and O–H groups in total. The summed E-state index contributed by atoms with van der Waals surface area (Å²) in [5.74, 6) is 0. The number of aryl methyl sites for hydroxylation is 1. The second kappa shape index (κ2) is 14.3. The molecule has 3 aromatic carbocycles. The summed E-state index contributed by atoms with van der Waals surface area (Å²) in [7, 11) is 0. The van der Waals surface area contributed by atoms with E-state index in [9.17, 15) is 0 Å². The van der Waals surface area contributed by atoms with Crippen molar-refractivity contribution in [2.24, 2.45) is 0 Å². The molecule has 2 heteroatoms. The molecule has 0 heterocycles. The Hall–Kier alpha value is -2.84. The Morgan fingerprint density at radius 2 is 1.38 bits per heavy atom. The highest BCUT2D eigenvalue weighted by Crippen LogP contribution is 2.19. The van der Waals surface area contributed by atoms with Gasteiger partial charge in [0.05, 0.1) is 0 Å². The summed E-state index contributed by atoms with van der Waals surface area (Å²) in [5, 5.41) is 7.39. The summed E-state index contributed by atoms with van der Waals surface area (Å²) >= 11 is 0. The zero-order chi connectivity index (χ0) is 22.3. The molecule has 2 nitrogen and oxygen atoms in total. The van der Waals surface area contributed by atoms with Gasteiger partial charge in [0.25, 0.3) is 0 Å². The topological polar surface area (TPSA) is 24.1 Å². The first-order chi connectivity index (χ1) is 15.9. The Kier molecular flexibility index (Phi) is 10.6. The van der Waals surface area contributed by atoms with Crippen LogP contribution in [0.3, 0.4) is 0 Å². The van der Waals surface area contributed by atoms with Gasteiger partial charge in [-0.2, -0.15) is 0 Å². The molecule has 0 unspecified atom stereocenters. The smallest absolute Gasteiger partial charge is 0.0376 e. The van der Waals surface area contributed by atoms with Crippen molar-refractivity contribution >= 4 is 5.70 Å². The second-order valence-electron chi connectivity index (χ2n) is 8.35. The van der Waals surface area contributed by atoms with Gasteiger partial charge < -0.3 is 10.6 Å². The van der Waals surface area contributed by atoms with Crippen molar-refractivity contribution < 1.29 is 0 Å². The maximum atomic E-state index is 3.75. The van der Waals surface area contributed by atoms with Gasteiger partial charge in [-0.05, 0) is 55.3 Å². The van der Waals surface area contributed by atoms with Crippen LogP contribution in [0.2, 0.25) is 0 Å². The molecule has 0 aliphatic rings. The molecule has 0 aliphatic heterocycles. The zero-order valence-electron chi connectivity index (χ0n) is 19.5. The van der Waals surface area contributed by atoms with E-state index in [-0.39, 0.29) is 0 Å². The average molecular weight is 427 g/mol. The average Bonchev–Trinajstić information content (AvgIpc) is 2.85. The lowest BCUT2D eigenvalue weighted by Gasteiger charge is -2.16. The molecule has 0 radical (unpaired) electrons. The van der Waals surface area contributed by atoms with Crippen LogP contribution in [0.5, 0.6) is 0 Å². The third kappa shape index (κ3) is 8.36. The van der Waals surface area contributed by atoms with Gasteiger partial charge >= 0.3 is 0 Å². The quantitative estimate of drug-likeness (QED) is 0.278. The summed E-state index contributed by atoms with van der Waals surface area (Å²) < 4.78 is 0. The summed E-state index contributed by atoms with van der Waals surface area (Å²) in [6, 6.07) is 30.3. The number of rotatable bonds is 14. The number of allylic oxidation sites excluding steroid dienone is 1. The van der Waals surface area contributed by atoms with Crippen molar-refractivity contribution in [2.75, 3.05) is 13.1 Å². The Bertz CT molecular complexity index is 916. The highest BCUT2D eigenvalue weighted by molar-refractivity contribution is 5.66. The van der Waals surface area contributed by atoms with Crippen LogP contribution in [0.4, 0.5) is 0 Å². The summed E-state index contributed by atoms with van der Waals surface area (Å²) in [6.45, 7) is 5.13. The van der Waals surface area contributed by atoms with Gasteiger partial charge in [0, 0.05) is 24.4 Å². The lowest BCUT2D eigenvalue weighted by atomic mass is 10.0. The van der Waals surface area contributed by atoms with E-state index in [2.05, 4.69) is 109 Å². The normalized spacial score (nSPS) is 11.5. The molecule has 0 bridgehead atoms. The molecule has 32 heavy (non-hydrogen) atoms. The molecule has 0 saturated carbocycles. The van der Waals surface area contributed by atoms with Gasteiger partial charge in [-0.25, -0.2) is 0 Å². The molecule has 0 spiro atoms. The predicted octanol–water partition coefficient (Wildman–Crippen LogP) is 6.77. The van der Waals surface area contributed by atoms with Crippen LogP contribution >= 0.6 is 0 Å². The number of hydrogen-bond acceptors (Lipinski definition) is 2. The number of hydrogen-bond donors (Lipinski definition) is 2. The third-order valence-corrected chi connectivity index (χ3v) is 5.74. The molecule has 0 aliphatic carbocycles. The van der Waals surface area contributed by atoms with Gasteiger partial charge in [-0.3, -0.25) is 0 Å². The van der Waals surface area contributed by atoms with Crippen LogP contribution < -0.4 is 10.6 Å². The Labute approximate surface area is 194 Å². The van der Waals surface area contributed by atoms with Gasteiger partial charge in [-0.15, -0.1) is 0 Å². The van der Waals surface area contributed by atoms with Crippen LogP contribution in [0.1, 0.15) is 54.9 Å². The Morgan fingerprint density at radius 3 is 2.09 bits per heavy atom. The van der Waals surface area contributed by atoms with Gasteiger partial charge in [-0.1, -0.05) is 104 Å². The summed E-state index contributed by atoms with van der Waals surface area (Å²) in [6.07, 6.45) is 9.23. The summed E-state index contributed by atoms with van der Waals surface area (Å²) in [4.78, 5) is 0. The van der Waals surface area contributed by atoms with Crippen molar-refractivity contribution in [2.45, 2.75) is 52.0 Å². The Balaban J connectivity index is 1.51. The molecular formula is C30H38N2. The maximum Gasteiger partial charge on any atom is 0.0376 e. The molecule has 0 fully saturated rings. The number of unbranched alkanes of at least 4 members (excludes halogenated alkanes) is 2. The number of nitrogens with one attached hydrogen (secondary N) is 2. The fraction of sp³-hybridized carbons (Fsp3) is 0.333. The minimum atomic E-state index is 0.891. The fourth-order valence-corrected chi connectivity index (χ4v) is 3.93. The maximum absolute atomic E-state index is 3.75. The van der Waals surface area contributed by atoms with Crippen LogP contribution in [0, 0.1) is 0 Å². The van der Waals surface area contributed by atoms with Crippen LogP contribution in [-0.2, 0) is 19.4 Å². The highest BCUT2D eigenvalue weighted by Gasteiger charge is 2.07. The molecule has 0 aromatic heterocycles. The first-order valence-corrected chi connectivity index (χ1v) is 12.2. The van der Waals surface area contributed by atoms with E-state index in [1.807, 2.05) is 0 Å². The van der Waals surface area contributed by atoms with Crippen LogP contribution in [0.15, 0.2) is 91.0 Å². The minimum absolute atomic E-state index is 0.891. The lowest BCUT2D eigenvalue weighted by Crippen LogP contribution is -2.20. The fourth-order valence-electron chi connectivity index (χ4n) is 3.93. The first kappa shape index (κ1) is 23.8. The van der Waals surface area contributed by atoms with Crippen LogP contribution in [0.25, 0.3) is 5.70 Å². The number of benzene rings is 3. The van der Waals surface area contributed by atoms with E-state index < -0.39 is 0 Å². The lowest BCUT2D eigenvalue weighted by molar-refractivity contribution is 0.682. The van der Waals surface area contributed by atoms with Crippen LogP contribution in [-0.4, -0.2) is 13.1 Å². The van der Waals surface area contributed by atoms with E-state index in [0.29, 0.717) is 0 Å². The molecule has 0 saturated heterocycles. The molecule has 0 atom stereocenters. The third-order valence-electron chi connectivity index (χ3n) is 5.74. The van der Waals surface area contributed by atoms with Gasteiger partial charge in [0.1, 0.15) is 0 Å². The van der Waals surface area contributed by atoms with Crippen molar-refractivity contribution in [3.63, 3.8) is 0 Å². The largest absolute Gasteiger partial charge is 0.385 e. The van der Waals surface area contributed by atoms with Gasteiger partial charge in [0.15, 0.2) is 0 Å². The molecule has 0 amide bonds. The summed E-state index contributed by atoms with van der Waals surface area (Å²) in [5.41, 5.74) is 6.79. The standard InChI is InChI=1S/C30H38N2/c1-2-3-21-30(32-23-13-12-18-26-14-6-4-7-15-26)29-20-11-10-19-28(29)25-31-24-22-27-16-8-5-9-17-27/h4-11,14-17,19-21,31-32H,2-3,12-13,18,22-25H2,1H3. The van der Waals surface area contributed by atoms with E-state index in [1.54, 1.807) is 0 Å². The molecular weight excluding hydrogens is 388 g/mol. The van der Waals surface area contributed by atoms with Crippen molar-refractivity contribution in [3.8, 4) is 0 Å². The van der Waals surface area contributed by atoms with E-state index in [4.69, 9.17) is 0 Å². The highest BCUT2D eigenvalue weighted by atomic mass is 14.9. The minimum Gasteiger partial charge on any atom is -0.385 e. The first-order valence-electron chi connectivity index (χ1n) is 12.2. The SMILES string of the molecule is CCCC=C(NCCCCc1ccccc1)c1ccccc1CNCCc1ccccc1. The molecule has 168 valence electrons. The Morgan fingerprint density at radius 1 is 0.719 bits per heavy atom. The predicted molar refractivity (Wildman–Crippen MR) is 139 cm³/mol. The van der Waals surface area contributed by atoms with Crippen molar-refractivity contribution in [1.29, 1.82) is 0 Å².